The zero-order valence-electron chi connectivity index (χ0n) is 16.8. The highest BCUT2D eigenvalue weighted by molar-refractivity contribution is 6.10. The molecule has 0 saturated carbocycles. The fourth-order valence-electron chi connectivity index (χ4n) is 4.45. The van der Waals surface area contributed by atoms with Crippen LogP contribution < -0.4 is 0 Å². The predicted octanol–water partition coefficient (Wildman–Crippen LogP) is 3.85. The average molecular weight is 421 g/mol. The number of aliphatic hydroxyl groups excluding tert-OH is 1. The fraction of sp³-hybridized carbons (Fsp3) is 0.250. The zero-order chi connectivity index (χ0) is 21.5. The molecule has 1 aliphatic rings. The standard InChI is InChI=1S/C24H21F2N3O2/c25-17-6-5-14(11-18(17)26)12-20-24-23(15-3-1-2-4-19(15)28-24)16-7-9-29(13-21(16)27-20)22(31)8-10-30/h1-6,11,28,30H,7-10,12-13H2. The number of rotatable bonds is 4. The lowest BCUT2D eigenvalue weighted by Gasteiger charge is -2.29. The molecule has 0 radical (unpaired) electrons. The van der Waals surface area contributed by atoms with Crippen LogP contribution in [0.15, 0.2) is 42.5 Å². The van der Waals surface area contributed by atoms with E-state index in [1.54, 1.807) is 11.0 Å². The second-order valence-electron chi connectivity index (χ2n) is 7.87. The summed E-state index contributed by atoms with van der Waals surface area (Å²) in [5.74, 6) is -1.86. The Morgan fingerprint density at radius 3 is 2.81 bits per heavy atom. The quantitative estimate of drug-likeness (QED) is 0.526. The Hall–Kier alpha value is -3.32. The number of aromatic nitrogens is 2. The summed E-state index contributed by atoms with van der Waals surface area (Å²) in [5, 5.41) is 11.3. The number of pyridine rings is 1. The normalized spacial score (nSPS) is 13.7. The lowest BCUT2D eigenvalue weighted by atomic mass is 9.96. The van der Waals surface area contributed by atoms with Crippen LogP contribution in [0.1, 0.15) is 28.9 Å². The number of hydrogen-bond donors (Lipinski definition) is 2. The van der Waals surface area contributed by atoms with Gasteiger partial charge in [0, 0.05) is 35.7 Å². The minimum Gasteiger partial charge on any atom is -0.396 e. The van der Waals surface area contributed by atoms with Gasteiger partial charge in [-0.3, -0.25) is 9.78 Å². The second-order valence-corrected chi connectivity index (χ2v) is 7.87. The highest BCUT2D eigenvalue weighted by Crippen LogP contribution is 2.35. The third-order valence-corrected chi connectivity index (χ3v) is 5.92. The third kappa shape index (κ3) is 3.45. The van der Waals surface area contributed by atoms with Crippen LogP contribution in [0.25, 0.3) is 21.8 Å². The van der Waals surface area contributed by atoms with Crippen molar-refractivity contribution in [1.82, 2.24) is 14.9 Å². The number of nitrogens with one attached hydrogen (secondary N) is 1. The van der Waals surface area contributed by atoms with E-state index < -0.39 is 11.6 Å². The molecule has 158 valence electrons. The smallest absolute Gasteiger partial charge is 0.225 e. The summed E-state index contributed by atoms with van der Waals surface area (Å²) in [5.41, 5.74) is 5.14. The molecule has 1 aliphatic heterocycles. The summed E-state index contributed by atoms with van der Waals surface area (Å²) in [7, 11) is 0. The highest BCUT2D eigenvalue weighted by atomic mass is 19.2. The van der Waals surface area contributed by atoms with Gasteiger partial charge >= 0.3 is 0 Å². The number of nitrogens with zero attached hydrogens (tertiary/aromatic N) is 2. The number of halogens is 2. The monoisotopic (exact) mass is 421 g/mol. The Morgan fingerprint density at radius 2 is 2.00 bits per heavy atom. The summed E-state index contributed by atoms with van der Waals surface area (Å²) in [4.78, 5) is 22.4. The second kappa shape index (κ2) is 7.74. The van der Waals surface area contributed by atoms with Crippen molar-refractivity contribution in [2.75, 3.05) is 13.2 Å². The summed E-state index contributed by atoms with van der Waals surface area (Å²) in [6, 6.07) is 11.9. The number of benzene rings is 2. The van der Waals surface area contributed by atoms with Crippen LogP contribution in [-0.4, -0.2) is 39.0 Å². The molecule has 0 atom stereocenters. The van der Waals surface area contributed by atoms with Gasteiger partial charge in [0.2, 0.25) is 5.91 Å². The highest BCUT2D eigenvalue weighted by Gasteiger charge is 2.26. The number of hydrogen-bond acceptors (Lipinski definition) is 3. The number of aliphatic hydroxyl groups is 1. The van der Waals surface area contributed by atoms with Gasteiger partial charge in [0.25, 0.3) is 0 Å². The maximum atomic E-state index is 13.8. The summed E-state index contributed by atoms with van der Waals surface area (Å²) >= 11 is 0. The molecule has 4 aromatic rings. The Kier molecular flexibility index (Phi) is 4.90. The molecule has 2 aromatic carbocycles. The van der Waals surface area contributed by atoms with E-state index in [1.807, 2.05) is 18.2 Å². The van der Waals surface area contributed by atoms with Gasteiger partial charge in [0.1, 0.15) is 0 Å². The Bertz CT molecular complexity index is 1320. The molecule has 0 fully saturated rings. The van der Waals surface area contributed by atoms with Crippen LogP contribution in [0.2, 0.25) is 0 Å². The SMILES string of the molecule is O=C(CCO)N1CCc2c(nc(Cc3ccc(F)c(F)c3)c3[nH]c4ccccc4c23)C1. The van der Waals surface area contributed by atoms with E-state index in [1.165, 1.54) is 6.07 Å². The van der Waals surface area contributed by atoms with E-state index in [0.717, 1.165) is 44.8 Å². The molecule has 7 heteroatoms. The minimum atomic E-state index is -0.885. The van der Waals surface area contributed by atoms with Crippen LogP contribution in [0.3, 0.4) is 0 Å². The van der Waals surface area contributed by atoms with Gasteiger partial charge in [-0.2, -0.15) is 0 Å². The summed E-state index contributed by atoms with van der Waals surface area (Å²) in [6.45, 7) is 0.761. The van der Waals surface area contributed by atoms with E-state index in [0.29, 0.717) is 31.5 Å². The van der Waals surface area contributed by atoms with Crippen LogP contribution in [-0.2, 0) is 24.2 Å². The summed E-state index contributed by atoms with van der Waals surface area (Å²) < 4.78 is 27.2. The van der Waals surface area contributed by atoms with Crippen LogP contribution in [0, 0.1) is 11.6 Å². The topological polar surface area (TPSA) is 69.2 Å². The Labute approximate surface area is 177 Å². The van der Waals surface area contributed by atoms with Gasteiger partial charge in [-0.1, -0.05) is 24.3 Å². The first-order valence-corrected chi connectivity index (χ1v) is 10.3. The first-order chi connectivity index (χ1) is 15.0. The number of H-pyrrole nitrogens is 1. The third-order valence-electron chi connectivity index (χ3n) is 5.92. The molecular weight excluding hydrogens is 400 g/mol. The van der Waals surface area contributed by atoms with E-state index in [4.69, 9.17) is 10.1 Å². The van der Waals surface area contributed by atoms with Crippen molar-refractivity contribution >= 4 is 27.7 Å². The number of carbonyl (C=O) groups is 1. The number of carbonyl (C=O) groups excluding carboxylic acids is 1. The van der Waals surface area contributed by atoms with Crippen molar-refractivity contribution in [3.8, 4) is 0 Å². The van der Waals surface area contributed by atoms with Crippen LogP contribution >= 0.6 is 0 Å². The largest absolute Gasteiger partial charge is 0.396 e. The molecule has 0 spiro atoms. The van der Waals surface area contributed by atoms with Crippen LogP contribution in [0.5, 0.6) is 0 Å². The Morgan fingerprint density at radius 1 is 1.16 bits per heavy atom. The van der Waals surface area contributed by atoms with Crippen molar-refractivity contribution < 1.29 is 18.7 Å². The van der Waals surface area contributed by atoms with Crippen molar-refractivity contribution in [3.63, 3.8) is 0 Å². The molecule has 2 N–H and O–H groups in total. The van der Waals surface area contributed by atoms with E-state index in [9.17, 15) is 13.6 Å². The van der Waals surface area contributed by atoms with Gasteiger partial charge < -0.3 is 15.0 Å². The molecule has 31 heavy (non-hydrogen) atoms. The lowest BCUT2D eigenvalue weighted by molar-refractivity contribution is -0.132. The number of fused-ring (bicyclic) bond motifs is 5. The molecule has 0 aliphatic carbocycles. The molecule has 1 amide bonds. The maximum Gasteiger partial charge on any atom is 0.225 e. The van der Waals surface area contributed by atoms with Gasteiger partial charge in [-0.25, -0.2) is 8.78 Å². The van der Waals surface area contributed by atoms with Crippen molar-refractivity contribution in [2.45, 2.75) is 25.8 Å². The first-order valence-electron chi connectivity index (χ1n) is 10.3. The number of aromatic amines is 1. The summed E-state index contributed by atoms with van der Waals surface area (Å²) in [6.07, 6.45) is 1.09. The van der Waals surface area contributed by atoms with Gasteiger partial charge in [-0.15, -0.1) is 0 Å². The molecule has 5 rings (SSSR count). The molecule has 5 nitrogen and oxygen atoms in total. The number of para-hydroxylation sites is 1. The molecular formula is C24H21F2N3O2. The van der Waals surface area contributed by atoms with Crippen molar-refractivity contribution in [2.24, 2.45) is 0 Å². The minimum absolute atomic E-state index is 0.0897. The lowest BCUT2D eigenvalue weighted by Crippen LogP contribution is -2.37. The van der Waals surface area contributed by atoms with Gasteiger partial charge in [0.15, 0.2) is 11.6 Å². The van der Waals surface area contributed by atoms with Crippen molar-refractivity contribution in [3.05, 3.63) is 76.6 Å². The molecule has 0 saturated heterocycles. The van der Waals surface area contributed by atoms with Gasteiger partial charge in [-0.05, 0) is 35.7 Å². The van der Waals surface area contributed by atoms with Crippen LogP contribution in [0.4, 0.5) is 8.78 Å². The van der Waals surface area contributed by atoms with Gasteiger partial charge in [0.05, 0.1) is 30.1 Å². The molecule has 0 unspecified atom stereocenters. The number of amides is 1. The van der Waals surface area contributed by atoms with E-state index >= 15 is 0 Å². The maximum absolute atomic E-state index is 13.8. The molecule has 3 heterocycles. The molecule has 0 bridgehead atoms. The van der Waals surface area contributed by atoms with E-state index in [2.05, 4.69) is 11.1 Å². The van der Waals surface area contributed by atoms with Crippen molar-refractivity contribution in [1.29, 1.82) is 0 Å². The zero-order valence-corrected chi connectivity index (χ0v) is 16.8. The first kappa shape index (κ1) is 19.6. The molecule has 2 aromatic heterocycles. The fourth-order valence-corrected chi connectivity index (χ4v) is 4.45. The van der Waals surface area contributed by atoms with E-state index in [-0.39, 0.29) is 18.9 Å². The predicted molar refractivity (Wildman–Crippen MR) is 114 cm³/mol. The average Bonchev–Trinajstić information content (AvgIpc) is 3.16. The Balaban J connectivity index is 1.66.